The van der Waals surface area contributed by atoms with Crippen LogP contribution in [0, 0.1) is 0 Å². The number of hydrogen-bond donors (Lipinski definition) is 0. The van der Waals surface area contributed by atoms with Gasteiger partial charge < -0.3 is 4.84 Å². The van der Waals surface area contributed by atoms with Gasteiger partial charge in [-0.15, -0.1) is 0 Å². The monoisotopic (exact) mass is 269 g/mol. The average Bonchev–Trinajstić information content (AvgIpc) is 2.83. The molecule has 3 rings (SSSR count). The van der Waals surface area contributed by atoms with E-state index in [2.05, 4.69) is 5.16 Å². The minimum Gasteiger partial charge on any atom is -0.386 e. The average molecular weight is 270 g/mol. The van der Waals surface area contributed by atoms with Gasteiger partial charge in [0, 0.05) is 16.0 Å². The van der Waals surface area contributed by atoms with E-state index in [1.807, 2.05) is 0 Å². The molecule has 0 saturated heterocycles. The molecule has 0 aliphatic carbocycles. The number of oxime groups is 1. The molecule has 0 bridgehead atoms. The number of halogens is 1. The van der Waals surface area contributed by atoms with Crippen molar-refractivity contribution in [1.29, 1.82) is 0 Å². The zero-order valence-corrected chi connectivity index (χ0v) is 10.1. The van der Waals surface area contributed by atoms with Crippen molar-refractivity contribution in [3.63, 3.8) is 0 Å². The lowest BCUT2D eigenvalue weighted by Crippen LogP contribution is -2.31. The van der Waals surface area contributed by atoms with E-state index >= 15 is 0 Å². The number of hydrogen-bond acceptors (Lipinski definition) is 4. The summed E-state index contributed by atoms with van der Waals surface area (Å²) >= 11 is 5.78. The van der Waals surface area contributed by atoms with Crippen molar-refractivity contribution < 1.29 is 13.3 Å². The Morgan fingerprint density at radius 2 is 1.94 bits per heavy atom. The molecule has 0 amide bonds. The molecular weight excluding hydrogens is 262 g/mol. The van der Waals surface area contributed by atoms with E-state index in [0.717, 1.165) is 0 Å². The molecule has 1 aromatic carbocycles. The highest BCUT2D eigenvalue weighted by molar-refractivity contribution is 7.96. The summed E-state index contributed by atoms with van der Waals surface area (Å²) in [5.74, 6) is 0. The highest BCUT2D eigenvalue weighted by atomic mass is 35.5. The van der Waals surface area contributed by atoms with Crippen LogP contribution in [0.4, 0.5) is 0 Å². The number of fused-ring (bicyclic) bond motifs is 1. The van der Waals surface area contributed by atoms with Crippen LogP contribution < -0.4 is 0 Å². The standard InChI is InChI=1S/C11H8ClNO3S/c12-8-3-1-7(2-4-8)10-11-9(16-13-10)5-6-17(11,14)15/h1-6,9,11H/t9-,11-/m1/s1. The molecule has 17 heavy (non-hydrogen) atoms. The zero-order chi connectivity index (χ0) is 12.0. The highest BCUT2D eigenvalue weighted by Gasteiger charge is 2.46. The Balaban J connectivity index is 2.03. The van der Waals surface area contributed by atoms with Gasteiger partial charge in [-0.05, 0) is 18.2 Å². The zero-order valence-electron chi connectivity index (χ0n) is 8.58. The molecule has 6 heteroatoms. The molecule has 2 aliphatic heterocycles. The molecule has 0 aromatic heterocycles. The number of nitrogens with zero attached hydrogens (tertiary/aromatic N) is 1. The Morgan fingerprint density at radius 3 is 2.65 bits per heavy atom. The van der Waals surface area contributed by atoms with Crippen LogP contribution in [0.2, 0.25) is 5.02 Å². The second-order valence-corrected chi connectivity index (χ2v) is 6.29. The number of benzene rings is 1. The third-order valence-electron chi connectivity index (χ3n) is 2.79. The van der Waals surface area contributed by atoms with Crippen molar-refractivity contribution in [3.8, 4) is 0 Å². The van der Waals surface area contributed by atoms with Crippen LogP contribution in [0.1, 0.15) is 5.56 Å². The summed E-state index contributed by atoms with van der Waals surface area (Å²) in [5.41, 5.74) is 1.16. The van der Waals surface area contributed by atoms with Crippen molar-refractivity contribution in [3.05, 3.63) is 46.3 Å². The first-order valence-electron chi connectivity index (χ1n) is 5.00. The van der Waals surface area contributed by atoms with E-state index in [0.29, 0.717) is 16.3 Å². The molecule has 0 N–H and O–H groups in total. The first-order chi connectivity index (χ1) is 8.08. The topological polar surface area (TPSA) is 55.7 Å². The molecule has 2 atom stereocenters. The van der Waals surface area contributed by atoms with Crippen LogP contribution >= 0.6 is 11.6 Å². The third kappa shape index (κ3) is 1.66. The minimum absolute atomic E-state index is 0.441. The van der Waals surface area contributed by atoms with E-state index in [4.69, 9.17) is 16.4 Å². The van der Waals surface area contributed by atoms with Gasteiger partial charge in [0.15, 0.2) is 21.2 Å². The van der Waals surface area contributed by atoms with Crippen LogP contribution in [0.15, 0.2) is 40.9 Å². The molecule has 0 spiro atoms. The molecule has 0 fully saturated rings. The van der Waals surface area contributed by atoms with E-state index in [1.165, 1.54) is 11.5 Å². The minimum atomic E-state index is -3.30. The summed E-state index contributed by atoms with van der Waals surface area (Å²) in [4.78, 5) is 5.10. The maximum atomic E-state index is 11.8. The van der Waals surface area contributed by atoms with E-state index in [9.17, 15) is 8.42 Å². The van der Waals surface area contributed by atoms with Gasteiger partial charge in [0.25, 0.3) is 0 Å². The van der Waals surface area contributed by atoms with Crippen molar-refractivity contribution in [2.24, 2.45) is 5.16 Å². The lowest BCUT2D eigenvalue weighted by molar-refractivity contribution is 0.123. The van der Waals surface area contributed by atoms with Gasteiger partial charge in [-0.2, -0.15) is 0 Å². The van der Waals surface area contributed by atoms with Crippen LogP contribution in [0.25, 0.3) is 0 Å². The quantitative estimate of drug-likeness (QED) is 0.780. The summed E-state index contributed by atoms with van der Waals surface area (Å²) in [7, 11) is -3.30. The lowest BCUT2D eigenvalue weighted by Gasteiger charge is -2.08. The Hall–Kier alpha value is -1.33. The molecule has 4 nitrogen and oxygen atoms in total. The Labute approximate surface area is 103 Å². The van der Waals surface area contributed by atoms with Crippen LogP contribution in [-0.2, 0) is 14.7 Å². The molecule has 2 heterocycles. The molecular formula is C11H8ClNO3S. The maximum absolute atomic E-state index is 11.8. The molecule has 2 aliphatic rings. The fourth-order valence-corrected chi connectivity index (χ4v) is 3.64. The second kappa shape index (κ2) is 3.58. The Kier molecular flexibility index (Phi) is 2.27. The first kappa shape index (κ1) is 10.8. The molecule has 0 unspecified atom stereocenters. The van der Waals surface area contributed by atoms with Gasteiger partial charge in [0.05, 0.1) is 0 Å². The molecule has 1 aromatic rings. The van der Waals surface area contributed by atoms with E-state index in [1.54, 1.807) is 24.3 Å². The fraction of sp³-hybridized carbons (Fsp3) is 0.182. The largest absolute Gasteiger partial charge is 0.386 e. The van der Waals surface area contributed by atoms with Crippen molar-refractivity contribution in [2.75, 3.05) is 0 Å². The van der Waals surface area contributed by atoms with E-state index in [-0.39, 0.29) is 0 Å². The van der Waals surface area contributed by atoms with Gasteiger partial charge in [-0.1, -0.05) is 28.9 Å². The van der Waals surface area contributed by atoms with Gasteiger partial charge in [-0.3, -0.25) is 0 Å². The van der Waals surface area contributed by atoms with E-state index < -0.39 is 21.2 Å². The highest BCUT2D eigenvalue weighted by Crippen LogP contribution is 2.30. The van der Waals surface area contributed by atoms with Gasteiger partial charge >= 0.3 is 0 Å². The second-order valence-electron chi connectivity index (χ2n) is 3.89. The van der Waals surface area contributed by atoms with Gasteiger partial charge in [0.1, 0.15) is 5.71 Å². The van der Waals surface area contributed by atoms with Crippen LogP contribution in [0.3, 0.4) is 0 Å². The number of sulfone groups is 1. The predicted molar refractivity (Wildman–Crippen MR) is 64.7 cm³/mol. The summed E-state index contributed by atoms with van der Waals surface area (Å²) in [6.45, 7) is 0. The third-order valence-corrected chi connectivity index (χ3v) is 4.78. The summed E-state index contributed by atoms with van der Waals surface area (Å²) < 4.78 is 23.6. The van der Waals surface area contributed by atoms with Crippen molar-refractivity contribution in [1.82, 2.24) is 0 Å². The molecule has 0 saturated carbocycles. The normalized spacial score (nSPS) is 28.6. The summed E-state index contributed by atoms with van der Waals surface area (Å²) in [5, 5.41) is 4.92. The van der Waals surface area contributed by atoms with Crippen LogP contribution in [0.5, 0.6) is 0 Å². The summed E-state index contributed by atoms with van der Waals surface area (Å²) in [6.07, 6.45) is 1.03. The number of rotatable bonds is 1. The lowest BCUT2D eigenvalue weighted by atomic mass is 10.0. The Morgan fingerprint density at radius 1 is 1.24 bits per heavy atom. The molecule has 0 radical (unpaired) electrons. The van der Waals surface area contributed by atoms with Crippen molar-refractivity contribution >= 4 is 27.1 Å². The first-order valence-corrected chi connectivity index (χ1v) is 6.98. The maximum Gasteiger partial charge on any atom is 0.184 e. The Bertz CT molecular complexity index is 619. The summed E-state index contributed by atoms with van der Waals surface area (Å²) in [6, 6.07) is 6.87. The van der Waals surface area contributed by atoms with Gasteiger partial charge in [0.2, 0.25) is 0 Å². The predicted octanol–water partition coefficient (Wildman–Crippen LogP) is 1.75. The van der Waals surface area contributed by atoms with Crippen molar-refractivity contribution in [2.45, 2.75) is 11.4 Å². The fourth-order valence-electron chi connectivity index (χ4n) is 1.97. The van der Waals surface area contributed by atoms with Gasteiger partial charge in [-0.25, -0.2) is 8.42 Å². The smallest absolute Gasteiger partial charge is 0.184 e. The SMILES string of the molecule is O=S1(=O)C=C[C@H]2ON=C(c3ccc(Cl)cc3)[C@@H]21. The van der Waals surface area contributed by atoms with Crippen LogP contribution in [-0.4, -0.2) is 25.5 Å². The molecule has 88 valence electrons.